The molecule has 2 atom stereocenters. The number of benzene rings is 1. The van der Waals surface area contributed by atoms with Crippen molar-refractivity contribution in [1.29, 1.82) is 0 Å². The van der Waals surface area contributed by atoms with Gasteiger partial charge < -0.3 is 15.3 Å². The molecule has 0 aromatic heterocycles. The summed E-state index contributed by atoms with van der Waals surface area (Å²) in [5.41, 5.74) is 0.777. The average Bonchev–Trinajstić information content (AvgIpc) is 2.54. The molecule has 6 nitrogen and oxygen atoms in total. The van der Waals surface area contributed by atoms with Crippen LogP contribution in [0.5, 0.6) is 0 Å². The number of carbonyl (C=O) groups is 3. The number of anilines is 1. The normalized spacial score (nSPS) is 19.9. The fourth-order valence-electron chi connectivity index (χ4n) is 2.62. The van der Waals surface area contributed by atoms with Crippen LogP contribution in [0.2, 0.25) is 0 Å². The Morgan fingerprint density at radius 1 is 1.09 bits per heavy atom. The van der Waals surface area contributed by atoms with Crippen molar-refractivity contribution in [2.24, 2.45) is 11.8 Å². The van der Waals surface area contributed by atoms with Gasteiger partial charge in [0.05, 0.1) is 23.1 Å². The van der Waals surface area contributed by atoms with Gasteiger partial charge in [0.25, 0.3) is 5.91 Å². The highest BCUT2D eigenvalue weighted by Crippen LogP contribution is 2.28. The van der Waals surface area contributed by atoms with Crippen LogP contribution in [0.3, 0.4) is 0 Å². The summed E-state index contributed by atoms with van der Waals surface area (Å²) in [5, 5.41) is 12.0. The monoisotopic (exact) mass is 316 g/mol. The van der Waals surface area contributed by atoms with E-state index in [1.54, 1.807) is 44.4 Å². The highest BCUT2D eigenvalue weighted by molar-refractivity contribution is 6.04. The Labute approximate surface area is 134 Å². The van der Waals surface area contributed by atoms with Crippen molar-refractivity contribution in [3.8, 4) is 0 Å². The summed E-state index contributed by atoms with van der Waals surface area (Å²) in [7, 11) is 3.26. The van der Waals surface area contributed by atoms with Gasteiger partial charge in [0, 0.05) is 14.1 Å². The van der Waals surface area contributed by atoms with Crippen LogP contribution in [0.1, 0.15) is 23.2 Å². The molecule has 0 bridgehead atoms. The van der Waals surface area contributed by atoms with E-state index >= 15 is 0 Å². The van der Waals surface area contributed by atoms with Crippen LogP contribution in [-0.2, 0) is 9.59 Å². The Balaban J connectivity index is 2.22. The van der Waals surface area contributed by atoms with Gasteiger partial charge >= 0.3 is 5.97 Å². The number of carboxylic acids is 1. The molecule has 122 valence electrons. The lowest BCUT2D eigenvalue weighted by Gasteiger charge is -2.24. The molecule has 2 amide bonds. The van der Waals surface area contributed by atoms with Crippen molar-refractivity contribution in [2.45, 2.75) is 12.8 Å². The van der Waals surface area contributed by atoms with E-state index in [0.29, 0.717) is 24.1 Å². The van der Waals surface area contributed by atoms with Crippen molar-refractivity contribution >= 4 is 23.5 Å². The molecule has 0 fully saturated rings. The molecule has 0 saturated carbocycles. The molecule has 1 aliphatic carbocycles. The van der Waals surface area contributed by atoms with Crippen molar-refractivity contribution in [3.63, 3.8) is 0 Å². The molecule has 0 unspecified atom stereocenters. The predicted molar refractivity (Wildman–Crippen MR) is 86.1 cm³/mol. The van der Waals surface area contributed by atoms with Crippen molar-refractivity contribution in [1.82, 2.24) is 4.90 Å². The van der Waals surface area contributed by atoms with Gasteiger partial charge in [0.15, 0.2) is 0 Å². The maximum atomic E-state index is 12.5. The van der Waals surface area contributed by atoms with Crippen molar-refractivity contribution < 1.29 is 19.5 Å². The highest BCUT2D eigenvalue weighted by atomic mass is 16.4. The summed E-state index contributed by atoms with van der Waals surface area (Å²) in [6.45, 7) is 0. The Morgan fingerprint density at radius 2 is 1.70 bits per heavy atom. The largest absolute Gasteiger partial charge is 0.481 e. The number of nitrogens with zero attached hydrogens (tertiary/aromatic N) is 1. The Kier molecular flexibility index (Phi) is 5.16. The standard InChI is InChI=1S/C17H20N2O4/c1-19(2)16(21)13-9-5-6-10-14(13)18-15(20)11-7-3-4-8-12(11)17(22)23/h3-6,9-12H,7-8H2,1-2H3,(H,18,20)(H,22,23)/t11-,12+/m1/s1. The molecule has 23 heavy (non-hydrogen) atoms. The van der Waals surface area contributed by atoms with Gasteiger partial charge in [0.2, 0.25) is 5.91 Å². The second-order valence-electron chi connectivity index (χ2n) is 5.73. The first kappa shape index (κ1) is 16.7. The maximum absolute atomic E-state index is 12.5. The van der Waals surface area contributed by atoms with Crippen LogP contribution in [0.4, 0.5) is 5.69 Å². The quantitative estimate of drug-likeness (QED) is 0.832. The molecule has 6 heteroatoms. The van der Waals surface area contributed by atoms with Gasteiger partial charge in [-0.25, -0.2) is 0 Å². The summed E-state index contributed by atoms with van der Waals surface area (Å²) in [4.78, 5) is 37.4. The number of hydrogen-bond acceptors (Lipinski definition) is 3. The third-order valence-corrected chi connectivity index (χ3v) is 3.91. The van der Waals surface area contributed by atoms with Gasteiger partial charge in [-0.2, -0.15) is 0 Å². The van der Waals surface area contributed by atoms with Crippen LogP contribution in [0.25, 0.3) is 0 Å². The van der Waals surface area contributed by atoms with Crippen LogP contribution >= 0.6 is 0 Å². The molecule has 0 heterocycles. The molecule has 2 rings (SSSR count). The second-order valence-corrected chi connectivity index (χ2v) is 5.73. The number of hydrogen-bond donors (Lipinski definition) is 2. The first-order valence-electron chi connectivity index (χ1n) is 7.41. The van der Waals surface area contributed by atoms with Crippen LogP contribution < -0.4 is 5.32 Å². The summed E-state index contributed by atoms with van der Waals surface area (Å²) in [5.74, 6) is -2.95. The Hall–Kier alpha value is -2.63. The predicted octanol–water partition coefficient (Wildman–Crippen LogP) is 1.99. The fraction of sp³-hybridized carbons (Fsp3) is 0.353. The smallest absolute Gasteiger partial charge is 0.307 e. The van der Waals surface area contributed by atoms with Gasteiger partial charge in [-0.05, 0) is 25.0 Å². The van der Waals surface area contributed by atoms with E-state index in [2.05, 4.69) is 5.32 Å². The molecule has 0 saturated heterocycles. The minimum atomic E-state index is -0.979. The SMILES string of the molecule is CN(C)C(=O)c1ccccc1NC(=O)[C@@H]1CC=CC[C@@H]1C(=O)O. The molecule has 2 N–H and O–H groups in total. The van der Waals surface area contributed by atoms with Gasteiger partial charge in [-0.1, -0.05) is 24.3 Å². The zero-order valence-electron chi connectivity index (χ0n) is 13.2. The molecular weight excluding hydrogens is 296 g/mol. The van der Waals surface area contributed by atoms with E-state index in [1.165, 1.54) is 4.90 Å². The van der Waals surface area contributed by atoms with Gasteiger partial charge in [-0.3, -0.25) is 14.4 Å². The van der Waals surface area contributed by atoms with E-state index in [9.17, 15) is 19.5 Å². The van der Waals surface area contributed by atoms with Crippen LogP contribution in [0.15, 0.2) is 36.4 Å². The molecule has 1 aromatic carbocycles. The molecule has 0 radical (unpaired) electrons. The summed E-state index contributed by atoms with van der Waals surface area (Å²) >= 11 is 0. The topological polar surface area (TPSA) is 86.7 Å². The number of carboxylic acid groups (broad SMARTS) is 1. The number of allylic oxidation sites excluding steroid dienone is 2. The number of rotatable bonds is 4. The minimum Gasteiger partial charge on any atom is -0.481 e. The van der Waals surface area contributed by atoms with E-state index in [4.69, 9.17) is 0 Å². The number of carbonyl (C=O) groups excluding carboxylic acids is 2. The van der Waals surface area contributed by atoms with Gasteiger partial charge in [-0.15, -0.1) is 0 Å². The van der Waals surface area contributed by atoms with E-state index in [1.807, 2.05) is 6.08 Å². The molecule has 1 aromatic rings. The van der Waals surface area contributed by atoms with E-state index < -0.39 is 17.8 Å². The minimum absolute atomic E-state index is 0.223. The number of nitrogens with one attached hydrogen (secondary N) is 1. The third kappa shape index (κ3) is 3.77. The molecule has 0 spiro atoms. The molecular formula is C17H20N2O4. The first-order valence-corrected chi connectivity index (χ1v) is 7.41. The molecule has 0 aliphatic heterocycles. The number of amides is 2. The fourth-order valence-corrected chi connectivity index (χ4v) is 2.62. The molecule has 1 aliphatic rings. The van der Waals surface area contributed by atoms with Gasteiger partial charge in [0.1, 0.15) is 0 Å². The number of aliphatic carboxylic acids is 1. The zero-order valence-corrected chi connectivity index (χ0v) is 13.2. The average molecular weight is 316 g/mol. The Bertz CT molecular complexity index is 652. The van der Waals surface area contributed by atoms with Crippen LogP contribution in [-0.4, -0.2) is 41.9 Å². The third-order valence-electron chi connectivity index (χ3n) is 3.91. The van der Waals surface area contributed by atoms with Crippen molar-refractivity contribution in [2.75, 3.05) is 19.4 Å². The lowest BCUT2D eigenvalue weighted by Crippen LogP contribution is -2.35. The van der Waals surface area contributed by atoms with E-state index in [0.717, 1.165) is 0 Å². The zero-order chi connectivity index (χ0) is 17.0. The second kappa shape index (κ2) is 7.09. The first-order chi connectivity index (χ1) is 10.9. The lowest BCUT2D eigenvalue weighted by molar-refractivity contribution is -0.146. The van der Waals surface area contributed by atoms with Crippen molar-refractivity contribution in [3.05, 3.63) is 42.0 Å². The number of para-hydroxylation sites is 1. The highest BCUT2D eigenvalue weighted by Gasteiger charge is 2.34. The summed E-state index contributed by atoms with van der Waals surface area (Å²) in [6.07, 6.45) is 4.32. The summed E-state index contributed by atoms with van der Waals surface area (Å²) < 4.78 is 0. The van der Waals surface area contributed by atoms with Crippen LogP contribution in [0, 0.1) is 11.8 Å². The lowest BCUT2D eigenvalue weighted by atomic mass is 9.82. The van der Waals surface area contributed by atoms with E-state index in [-0.39, 0.29) is 11.8 Å². The maximum Gasteiger partial charge on any atom is 0.307 e. The summed E-state index contributed by atoms with van der Waals surface area (Å²) in [6, 6.07) is 6.71. The Morgan fingerprint density at radius 3 is 2.30 bits per heavy atom.